The maximum absolute atomic E-state index is 11.7. The van der Waals surface area contributed by atoms with Crippen LogP contribution in [-0.2, 0) is 16.2 Å². The van der Waals surface area contributed by atoms with Crippen molar-refractivity contribution in [2.24, 2.45) is 5.73 Å². The topological polar surface area (TPSA) is 64.4 Å². The molecule has 0 saturated carbocycles. The number of hydrogen-bond donors (Lipinski definition) is 2. The summed E-state index contributed by atoms with van der Waals surface area (Å²) in [4.78, 5) is 17.6. The molecule has 2 rings (SSSR count). The molecule has 1 amide bonds. The molecule has 2 aromatic rings. The highest BCUT2D eigenvalue weighted by Crippen LogP contribution is 2.16. The molecular formula is C13H14N2O2S. The van der Waals surface area contributed by atoms with E-state index in [0.717, 1.165) is 10.4 Å². The lowest BCUT2D eigenvalue weighted by atomic mass is 10.2. The van der Waals surface area contributed by atoms with Gasteiger partial charge in [-0.3, -0.25) is 9.63 Å². The molecule has 0 spiro atoms. The molecule has 0 bridgehead atoms. The van der Waals surface area contributed by atoms with E-state index in [1.807, 2.05) is 47.8 Å². The normalized spacial score (nSPS) is 12.1. The second-order valence-electron chi connectivity index (χ2n) is 3.73. The summed E-state index contributed by atoms with van der Waals surface area (Å²) >= 11 is 1.45. The van der Waals surface area contributed by atoms with Gasteiger partial charge in [0.15, 0.2) is 0 Å². The summed E-state index contributed by atoms with van der Waals surface area (Å²) in [7, 11) is 0. The second-order valence-corrected chi connectivity index (χ2v) is 4.71. The van der Waals surface area contributed by atoms with Gasteiger partial charge in [0.2, 0.25) is 0 Å². The average molecular weight is 262 g/mol. The fourth-order valence-corrected chi connectivity index (χ4v) is 2.15. The number of rotatable bonds is 5. The third-order valence-electron chi connectivity index (χ3n) is 2.39. The van der Waals surface area contributed by atoms with E-state index < -0.39 is 6.04 Å². The molecule has 1 heterocycles. The van der Waals surface area contributed by atoms with E-state index in [0.29, 0.717) is 6.61 Å². The van der Waals surface area contributed by atoms with Crippen LogP contribution >= 0.6 is 11.3 Å². The first-order chi connectivity index (χ1) is 8.77. The number of nitrogens with one attached hydrogen (secondary N) is 1. The van der Waals surface area contributed by atoms with Gasteiger partial charge in [0, 0.05) is 4.88 Å². The zero-order valence-corrected chi connectivity index (χ0v) is 10.5. The van der Waals surface area contributed by atoms with Crippen LogP contribution in [0.15, 0.2) is 47.8 Å². The minimum atomic E-state index is -0.680. The summed E-state index contributed by atoms with van der Waals surface area (Å²) < 4.78 is 0. The maximum Gasteiger partial charge on any atom is 0.265 e. The molecule has 0 saturated heterocycles. The first kappa shape index (κ1) is 12.8. The quantitative estimate of drug-likeness (QED) is 0.810. The van der Waals surface area contributed by atoms with Crippen LogP contribution < -0.4 is 11.2 Å². The van der Waals surface area contributed by atoms with Gasteiger partial charge >= 0.3 is 0 Å². The van der Waals surface area contributed by atoms with Crippen molar-refractivity contribution < 1.29 is 9.63 Å². The Hall–Kier alpha value is -1.69. The molecule has 3 N–H and O–H groups in total. The van der Waals surface area contributed by atoms with Crippen molar-refractivity contribution in [3.05, 3.63) is 58.3 Å². The Kier molecular flexibility index (Phi) is 4.46. The summed E-state index contributed by atoms with van der Waals surface area (Å²) in [5.74, 6) is -0.339. The summed E-state index contributed by atoms with van der Waals surface area (Å²) in [6, 6.07) is 12.6. The maximum atomic E-state index is 11.7. The number of hydrogen-bond acceptors (Lipinski definition) is 4. The molecule has 1 aromatic heterocycles. The Morgan fingerprint density at radius 1 is 1.28 bits per heavy atom. The zero-order valence-electron chi connectivity index (χ0n) is 9.71. The SMILES string of the molecule is NC(C(=O)NOCc1ccccc1)c1cccs1. The fourth-order valence-electron chi connectivity index (χ4n) is 1.43. The van der Waals surface area contributed by atoms with Crippen molar-refractivity contribution in [2.75, 3.05) is 0 Å². The van der Waals surface area contributed by atoms with Gasteiger partial charge in [-0.1, -0.05) is 36.4 Å². The van der Waals surface area contributed by atoms with Crippen molar-refractivity contribution in [1.82, 2.24) is 5.48 Å². The van der Waals surface area contributed by atoms with Crippen LogP contribution in [0.3, 0.4) is 0 Å². The van der Waals surface area contributed by atoms with Crippen LogP contribution in [0.4, 0.5) is 0 Å². The summed E-state index contributed by atoms with van der Waals surface area (Å²) in [6.45, 7) is 0.323. The van der Waals surface area contributed by atoms with Crippen LogP contribution in [-0.4, -0.2) is 5.91 Å². The Bertz CT molecular complexity index is 485. The number of benzene rings is 1. The summed E-state index contributed by atoms with van der Waals surface area (Å²) in [6.07, 6.45) is 0. The number of carbonyl (C=O) groups is 1. The van der Waals surface area contributed by atoms with Crippen LogP contribution in [0, 0.1) is 0 Å². The van der Waals surface area contributed by atoms with Gasteiger partial charge < -0.3 is 5.73 Å². The van der Waals surface area contributed by atoms with Gasteiger partial charge in [-0.2, -0.15) is 0 Å². The molecule has 1 aromatic carbocycles. The molecular weight excluding hydrogens is 248 g/mol. The second kappa shape index (κ2) is 6.30. The number of carbonyl (C=O) groups excluding carboxylic acids is 1. The first-order valence-corrected chi connectivity index (χ1v) is 6.40. The van der Waals surface area contributed by atoms with Gasteiger partial charge in [-0.15, -0.1) is 11.3 Å². The lowest BCUT2D eigenvalue weighted by molar-refractivity contribution is -0.136. The Morgan fingerprint density at radius 3 is 2.72 bits per heavy atom. The van der Waals surface area contributed by atoms with E-state index in [-0.39, 0.29) is 5.91 Å². The van der Waals surface area contributed by atoms with E-state index in [9.17, 15) is 4.79 Å². The first-order valence-electron chi connectivity index (χ1n) is 5.52. The molecule has 0 aliphatic rings. The van der Waals surface area contributed by atoms with E-state index in [1.165, 1.54) is 11.3 Å². The van der Waals surface area contributed by atoms with Gasteiger partial charge in [-0.25, -0.2) is 5.48 Å². The zero-order chi connectivity index (χ0) is 12.8. The van der Waals surface area contributed by atoms with Crippen LogP contribution in [0.5, 0.6) is 0 Å². The van der Waals surface area contributed by atoms with Gasteiger partial charge in [0.25, 0.3) is 5.91 Å². The van der Waals surface area contributed by atoms with E-state index in [4.69, 9.17) is 10.6 Å². The van der Waals surface area contributed by atoms with Crippen LogP contribution in [0.2, 0.25) is 0 Å². The van der Waals surface area contributed by atoms with Crippen molar-refractivity contribution >= 4 is 17.2 Å². The van der Waals surface area contributed by atoms with E-state index in [1.54, 1.807) is 0 Å². The predicted octanol–water partition coefficient (Wildman–Crippen LogP) is 2.00. The highest BCUT2D eigenvalue weighted by atomic mass is 32.1. The largest absolute Gasteiger partial charge is 0.315 e. The summed E-state index contributed by atoms with van der Waals surface area (Å²) in [5.41, 5.74) is 9.13. The van der Waals surface area contributed by atoms with Gasteiger partial charge in [0.05, 0.1) is 6.61 Å². The Balaban J connectivity index is 1.79. The molecule has 0 fully saturated rings. The molecule has 5 heteroatoms. The number of nitrogens with two attached hydrogens (primary N) is 1. The Labute approximate surface area is 109 Å². The monoisotopic (exact) mass is 262 g/mol. The van der Waals surface area contributed by atoms with E-state index >= 15 is 0 Å². The molecule has 0 radical (unpaired) electrons. The molecule has 18 heavy (non-hydrogen) atoms. The molecule has 4 nitrogen and oxygen atoms in total. The molecule has 1 atom stereocenters. The molecule has 94 valence electrons. The lowest BCUT2D eigenvalue weighted by Crippen LogP contribution is -2.33. The number of hydroxylamine groups is 1. The van der Waals surface area contributed by atoms with Gasteiger partial charge in [0.1, 0.15) is 6.04 Å². The third kappa shape index (κ3) is 3.40. The van der Waals surface area contributed by atoms with Crippen molar-refractivity contribution in [1.29, 1.82) is 0 Å². The molecule has 0 aliphatic heterocycles. The van der Waals surface area contributed by atoms with Crippen LogP contribution in [0.1, 0.15) is 16.5 Å². The highest BCUT2D eigenvalue weighted by molar-refractivity contribution is 7.10. The van der Waals surface area contributed by atoms with Crippen molar-refractivity contribution in [3.63, 3.8) is 0 Å². The Morgan fingerprint density at radius 2 is 2.06 bits per heavy atom. The predicted molar refractivity (Wildman–Crippen MR) is 70.6 cm³/mol. The standard InChI is InChI=1S/C13H14N2O2S/c14-12(11-7-4-8-18-11)13(16)15-17-9-10-5-2-1-3-6-10/h1-8,12H,9,14H2,(H,15,16). The highest BCUT2D eigenvalue weighted by Gasteiger charge is 2.16. The summed E-state index contributed by atoms with van der Waals surface area (Å²) in [5, 5.41) is 1.88. The van der Waals surface area contributed by atoms with E-state index in [2.05, 4.69) is 5.48 Å². The average Bonchev–Trinajstić information content (AvgIpc) is 2.93. The minimum Gasteiger partial charge on any atom is -0.315 e. The molecule has 1 unspecified atom stereocenters. The number of amides is 1. The van der Waals surface area contributed by atoms with Crippen molar-refractivity contribution in [2.45, 2.75) is 12.6 Å². The third-order valence-corrected chi connectivity index (χ3v) is 3.34. The van der Waals surface area contributed by atoms with Crippen molar-refractivity contribution in [3.8, 4) is 0 Å². The van der Waals surface area contributed by atoms with Gasteiger partial charge in [-0.05, 0) is 17.0 Å². The minimum absolute atomic E-state index is 0.323. The smallest absolute Gasteiger partial charge is 0.265 e. The molecule has 0 aliphatic carbocycles. The fraction of sp³-hybridized carbons (Fsp3) is 0.154. The number of thiophene rings is 1. The van der Waals surface area contributed by atoms with Crippen LogP contribution in [0.25, 0.3) is 0 Å². The lowest BCUT2D eigenvalue weighted by Gasteiger charge is -2.10.